The van der Waals surface area contributed by atoms with Crippen LogP contribution in [0.15, 0.2) is 53.7 Å². The Labute approximate surface area is 177 Å². The van der Waals surface area contributed by atoms with E-state index in [1.165, 1.54) is 17.3 Å². The van der Waals surface area contributed by atoms with E-state index in [2.05, 4.69) is 26.2 Å². The number of carbonyl (C=O) groups is 1. The number of aromatic nitrogens is 4. The Bertz CT molecular complexity index is 1100. The predicted octanol–water partition coefficient (Wildman–Crippen LogP) is 4.70. The molecule has 0 fully saturated rings. The summed E-state index contributed by atoms with van der Waals surface area (Å²) in [5.41, 5.74) is 3.14. The Morgan fingerprint density at radius 3 is 2.69 bits per heavy atom. The van der Waals surface area contributed by atoms with Gasteiger partial charge in [-0.1, -0.05) is 53.7 Å². The van der Waals surface area contributed by atoms with E-state index in [9.17, 15) is 4.79 Å². The van der Waals surface area contributed by atoms with Crippen LogP contribution in [0.1, 0.15) is 23.5 Å². The molecule has 4 aromatic rings. The van der Waals surface area contributed by atoms with Crippen LogP contribution in [0.4, 0.5) is 0 Å². The average molecular weight is 424 g/mol. The lowest BCUT2D eigenvalue weighted by Gasteiger charge is -2.22. The second-order valence-electron chi connectivity index (χ2n) is 6.82. The topological polar surface area (TPSA) is 74.8 Å². The molecule has 0 saturated carbocycles. The number of nitrogens with zero attached hydrogens (tertiary/aromatic N) is 4. The minimum atomic E-state index is -0.0873. The van der Waals surface area contributed by atoms with Gasteiger partial charge in [0.25, 0.3) is 0 Å². The number of para-hydroxylation sites is 1. The fraction of sp³-hybridized carbons (Fsp3) is 0.238. The number of fused-ring (bicyclic) bond motifs is 1. The number of hydrogen-bond acceptors (Lipinski definition) is 6. The number of aromatic amines is 1. The predicted molar refractivity (Wildman–Crippen MR) is 118 cm³/mol. The first-order chi connectivity index (χ1) is 14.0. The molecule has 0 saturated heterocycles. The molecule has 29 heavy (non-hydrogen) atoms. The summed E-state index contributed by atoms with van der Waals surface area (Å²) in [5, 5.41) is 8.67. The lowest BCUT2D eigenvalue weighted by Crippen LogP contribution is -2.31. The molecule has 4 rings (SSSR count). The van der Waals surface area contributed by atoms with E-state index < -0.39 is 0 Å². The fourth-order valence-corrected chi connectivity index (χ4v) is 4.62. The maximum Gasteiger partial charge on any atom is 0.233 e. The normalized spacial score (nSPS) is 12.2. The summed E-state index contributed by atoms with van der Waals surface area (Å²) in [5.74, 6) is 0.997. The van der Waals surface area contributed by atoms with Gasteiger partial charge in [0.15, 0.2) is 5.82 Å². The molecule has 2 aromatic heterocycles. The zero-order valence-corrected chi connectivity index (χ0v) is 18.0. The number of H-pyrrole nitrogens is 1. The van der Waals surface area contributed by atoms with Crippen molar-refractivity contribution in [2.45, 2.75) is 25.0 Å². The molecule has 1 N–H and O–H groups in total. The maximum atomic E-state index is 12.7. The Morgan fingerprint density at radius 1 is 1.17 bits per heavy atom. The molecule has 8 heteroatoms. The van der Waals surface area contributed by atoms with Gasteiger partial charge in [-0.25, -0.2) is 9.97 Å². The summed E-state index contributed by atoms with van der Waals surface area (Å²) in [7, 11) is 1.81. The van der Waals surface area contributed by atoms with E-state index in [-0.39, 0.29) is 17.7 Å². The van der Waals surface area contributed by atoms with E-state index in [0.29, 0.717) is 11.0 Å². The number of thioether (sulfide) groups is 1. The number of rotatable bonds is 6. The van der Waals surface area contributed by atoms with Gasteiger partial charge in [0, 0.05) is 12.6 Å². The van der Waals surface area contributed by atoms with Gasteiger partial charge >= 0.3 is 0 Å². The minimum Gasteiger partial charge on any atom is -0.336 e. The van der Waals surface area contributed by atoms with Crippen LogP contribution in [0.3, 0.4) is 0 Å². The van der Waals surface area contributed by atoms with E-state index in [0.717, 1.165) is 20.8 Å². The zero-order valence-electron chi connectivity index (χ0n) is 16.4. The molecule has 1 atom stereocenters. The molecule has 2 heterocycles. The van der Waals surface area contributed by atoms with Crippen LogP contribution in [0.25, 0.3) is 21.6 Å². The Morgan fingerprint density at radius 2 is 1.93 bits per heavy atom. The number of hydrogen-bond donors (Lipinski definition) is 1. The smallest absolute Gasteiger partial charge is 0.233 e. The molecule has 0 bridgehead atoms. The molecule has 0 aliphatic rings. The molecule has 1 amide bonds. The second kappa shape index (κ2) is 8.34. The highest BCUT2D eigenvalue weighted by Gasteiger charge is 2.21. The highest BCUT2D eigenvalue weighted by Crippen LogP contribution is 2.29. The van der Waals surface area contributed by atoms with Crippen molar-refractivity contribution >= 4 is 39.2 Å². The number of nitrogens with one attached hydrogen (secondary N) is 1. The van der Waals surface area contributed by atoms with Crippen molar-refractivity contribution in [3.63, 3.8) is 0 Å². The Balaban J connectivity index is 1.38. The largest absolute Gasteiger partial charge is 0.336 e. The van der Waals surface area contributed by atoms with Gasteiger partial charge in [-0.05, 0) is 26.0 Å². The number of carbonyl (C=O) groups excluding carboxylic acids is 1. The van der Waals surface area contributed by atoms with Gasteiger partial charge in [-0.3, -0.25) is 9.89 Å². The van der Waals surface area contributed by atoms with Crippen LogP contribution < -0.4 is 0 Å². The summed E-state index contributed by atoms with van der Waals surface area (Å²) in [4.78, 5) is 23.6. The van der Waals surface area contributed by atoms with Crippen molar-refractivity contribution in [1.29, 1.82) is 0 Å². The quantitative estimate of drug-likeness (QED) is 0.455. The van der Waals surface area contributed by atoms with Crippen molar-refractivity contribution in [2.75, 3.05) is 12.8 Å². The molecule has 0 aliphatic carbocycles. The average Bonchev–Trinajstić information content (AvgIpc) is 3.38. The summed E-state index contributed by atoms with van der Waals surface area (Å²) in [6, 6.07) is 16.0. The van der Waals surface area contributed by atoms with Crippen LogP contribution >= 0.6 is 23.1 Å². The first kappa shape index (κ1) is 19.6. The number of aryl methyl sites for hydroxylation is 1. The molecule has 148 valence electrons. The first-order valence-corrected chi connectivity index (χ1v) is 11.0. The van der Waals surface area contributed by atoms with Crippen LogP contribution in [0.2, 0.25) is 0 Å². The number of benzene rings is 2. The minimum absolute atomic E-state index is 0.0171. The van der Waals surface area contributed by atoms with E-state index in [4.69, 9.17) is 0 Å². The van der Waals surface area contributed by atoms with E-state index in [1.54, 1.807) is 16.2 Å². The Kier molecular flexibility index (Phi) is 5.64. The summed E-state index contributed by atoms with van der Waals surface area (Å²) in [6.07, 6.45) is 0. The molecule has 0 radical (unpaired) electrons. The van der Waals surface area contributed by atoms with Gasteiger partial charge in [0.05, 0.1) is 22.0 Å². The van der Waals surface area contributed by atoms with Crippen LogP contribution in [0.5, 0.6) is 0 Å². The molecule has 2 aromatic carbocycles. The molecular formula is C21H21N5OS2. The summed E-state index contributed by atoms with van der Waals surface area (Å²) in [6.45, 7) is 4.05. The van der Waals surface area contributed by atoms with Gasteiger partial charge < -0.3 is 4.90 Å². The highest BCUT2D eigenvalue weighted by molar-refractivity contribution is 7.99. The third-order valence-corrected chi connectivity index (χ3v) is 6.80. The SMILES string of the molecule is Cc1ccc(-c2nc(SCC(=O)N(C)C(C)c3nc4ccccc4s3)n[nH]2)cc1. The molecular weight excluding hydrogens is 402 g/mol. The summed E-state index contributed by atoms with van der Waals surface area (Å²) < 4.78 is 1.13. The monoisotopic (exact) mass is 423 g/mol. The third kappa shape index (κ3) is 4.33. The zero-order chi connectivity index (χ0) is 20.4. The van der Waals surface area contributed by atoms with Gasteiger partial charge in [-0.15, -0.1) is 16.4 Å². The molecule has 0 spiro atoms. The van der Waals surface area contributed by atoms with Crippen LogP contribution in [0, 0.1) is 6.92 Å². The van der Waals surface area contributed by atoms with Crippen LogP contribution in [-0.2, 0) is 4.79 Å². The third-order valence-electron chi connectivity index (χ3n) is 4.76. The van der Waals surface area contributed by atoms with Gasteiger partial charge in [0.1, 0.15) is 5.01 Å². The fourth-order valence-electron chi connectivity index (χ4n) is 2.83. The first-order valence-electron chi connectivity index (χ1n) is 9.24. The van der Waals surface area contributed by atoms with Crippen LogP contribution in [-0.4, -0.2) is 43.8 Å². The lowest BCUT2D eigenvalue weighted by molar-refractivity contribution is -0.128. The molecule has 1 unspecified atom stereocenters. The molecule has 6 nitrogen and oxygen atoms in total. The number of thiazole rings is 1. The second-order valence-corrected chi connectivity index (χ2v) is 8.83. The number of amides is 1. The summed E-state index contributed by atoms with van der Waals surface area (Å²) >= 11 is 2.96. The van der Waals surface area contributed by atoms with Crippen molar-refractivity contribution in [3.8, 4) is 11.4 Å². The van der Waals surface area contributed by atoms with E-state index in [1.807, 2.05) is 63.4 Å². The van der Waals surface area contributed by atoms with Gasteiger partial charge in [0.2, 0.25) is 11.1 Å². The van der Waals surface area contributed by atoms with Crippen molar-refractivity contribution < 1.29 is 4.79 Å². The Hall–Kier alpha value is -2.71. The highest BCUT2D eigenvalue weighted by atomic mass is 32.2. The maximum absolute atomic E-state index is 12.7. The van der Waals surface area contributed by atoms with Crippen molar-refractivity contribution in [1.82, 2.24) is 25.1 Å². The molecule has 0 aliphatic heterocycles. The van der Waals surface area contributed by atoms with Crippen molar-refractivity contribution in [2.24, 2.45) is 0 Å². The standard InChI is InChI=1S/C21H21N5OS2/c1-13-8-10-15(11-9-13)19-23-21(25-24-19)28-12-18(27)26(3)14(2)20-22-16-6-4-5-7-17(16)29-20/h4-11,14H,12H2,1-3H3,(H,23,24,25). The lowest BCUT2D eigenvalue weighted by atomic mass is 10.1. The van der Waals surface area contributed by atoms with Gasteiger partial charge in [-0.2, -0.15) is 0 Å². The van der Waals surface area contributed by atoms with Crippen molar-refractivity contribution in [3.05, 3.63) is 59.1 Å². The van der Waals surface area contributed by atoms with E-state index >= 15 is 0 Å².